The molecule has 0 radical (unpaired) electrons. The molecule has 0 fully saturated rings. The highest BCUT2D eigenvalue weighted by molar-refractivity contribution is 5.67. The summed E-state index contributed by atoms with van der Waals surface area (Å²) in [6.07, 6.45) is 0.544. The lowest BCUT2D eigenvalue weighted by Gasteiger charge is -2.23. The van der Waals surface area contributed by atoms with Crippen molar-refractivity contribution in [3.8, 4) is 17.2 Å². The number of ether oxygens (including phenoxy) is 3. The SMILES string of the molecule is COc1cc(CCC(=O)O)ccc1OCCOc1ccc(C)cc1C(C)(C)C. The molecular formula is C23H30O5. The summed E-state index contributed by atoms with van der Waals surface area (Å²) in [6.45, 7) is 9.37. The molecule has 5 nitrogen and oxygen atoms in total. The number of methoxy groups -OCH3 is 1. The first kappa shape index (κ1) is 21.6. The molecule has 152 valence electrons. The lowest BCUT2D eigenvalue weighted by atomic mass is 9.85. The molecule has 0 aromatic heterocycles. The third-order valence-corrected chi connectivity index (χ3v) is 4.40. The predicted octanol–water partition coefficient (Wildman–Crippen LogP) is 4.78. The van der Waals surface area contributed by atoms with Gasteiger partial charge in [0.25, 0.3) is 0 Å². The van der Waals surface area contributed by atoms with Gasteiger partial charge in [-0.05, 0) is 48.1 Å². The second-order valence-electron chi connectivity index (χ2n) is 7.83. The summed E-state index contributed by atoms with van der Waals surface area (Å²) < 4.78 is 17.2. The number of hydrogen-bond acceptors (Lipinski definition) is 4. The van der Waals surface area contributed by atoms with Crippen molar-refractivity contribution in [2.75, 3.05) is 20.3 Å². The van der Waals surface area contributed by atoms with Gasteiger partial charge in [0.2, 0.25) is 0 Å². The predicted molar refractivity (Wildman–Crippen MR) is 110 cm³/mol. The van der Waals surface area contributed by atoms with Gasteiger partial charge in [0.1, 0.15) is 19.0 Å². The van der Waals surface area contributed by atoms with Crippen molar-refractivity contribution in [3.63, 3.8) is 0 Å². The van der Waals surface area contributed by atoms with Gasteiger partial charge in [-0.3, -0.25) is 4.79 Å². The van der Waals surface area contributed by atoms with Crippen molar-refractivity contribution in [2.24, 2.45) is 0 Å². The lowest BCUT2D eigenvalue weighted by Crippen LogP contribution is -2.16. The molecule has 0 saturated heterocycles. The van der Waals surface area contributed by atoms with Gasteiger partial charge in [0, 0.05) is 6.42 Å². The Bertz CT molecular complexity index is 805. The molecule has 0 spiro atoms. The van der Waals surface area contributed by atoms with Crippen LogP contribution in [0, 0.1) is 6.92 Å². The van der Waals surface area contributed by atoms with E-state index in [2.05, 4.69) is 33.8 Å². The van der Waals surface area contributed by atoms with Crippen molar-refractivity contribution < 1.29 is 24.1 Å². The third kappa shape index (κ3) is 6.19. The highest BCUT2D eigenvalue weighted by atomic mass is 16.5. The minimum absolute atomic E-state index is 0.00276. The van der Waals surface area contributed by atoms with Crippen LogP contribution in [0.5, 0.6) is 17.2 Å². The van der Waals surface area contributed by atoms with E-state index in [9.17, 15) is 4.79 Å². The van der Waals surface area contributed by atoms with Gasteiger partial charge in [0.15, 0.2) is 11.5 Å². The number of rotatable bonds is 9. The molecular weight excluding hydrogens is 356 g/mol. The largest absolute Gasteiger partial charge is 0.493 e. The minimum Gasteiger partial charge on any atom is -0.493 e. The number of aliphatic carboxylic acids is 1. The molecule has 0 aliphatic carbocycles. The number of carboxylic acid groups (broad SMARTS) is 1. The average molecular weight is 386 g/mol. The van der Waals surface area contributed by atoms with Crippen LogP contribution < -0.4 is 14.2 Å². The molecule has 2 rings (SSSR count). The van der Waals surface area contributed by atoms with Crippen LogP contribution in [0.1, 0.15) is 43.9 Å². The van der Waals surface area contributed by atoms with E-state index in [0.717, 1.165) is 11.3 Å². The average Bonchev–Trinajstić information content (AvgIpc) is 2.64. The van der Waals surface area contributed by atoms with Crippen LogP contribution in [0.3, 0.4) is 0 Å². The quantitative estimate of drug-likeness (QED) is 0.629. The molecule has 2 aromatic rings. The fourth-order valence-electron chi connectivity index (χ4n) is 2.90. The van der Waals surface area contributed by atoms with E-state index in [-0.39, 0.29) is 11.8 Å². The Morgan fingerprint density at radius 3 is 2.21 bits per heavy atom. The van der Waals surface area contributed by atoms with E-state index < -0.39 is 5.97 Å². The fourth-order valence-corrected chi connectivity index (χ4v) is 2.90. The van der Waals surface area contributed by atoms with Crippen LogP contribution in [0.15, 0.2) is 36.4 Å². The van der Waals surface area contributed by atoms with Gasteiger partial charge >= 0.3 is 5.97 Å². The van der Waals surface area contributed by atoms with Gasteiger partial charge in [0.05, 0.1) is 7.11 Å². The summed E-state index contributed by atoms with van der Waals surface area (Å²) in [5, 5.41) is 8.81. The zero-order valence-corrected chi connectivity index (χ0v) is 17.4. The standard InChI is InChI=1S/C23H30O5/c1-16-6-9-19(18(14-16)23(2,3)4)27-12-13-28-20-10-7-17(8-11-22(24)25)15-21(20)26-5/h6-7,9-10,14-15H,8,11-13H2,1-5H3,(H,24,25). The van der Waals surface area contributed by atoms with Crippen molar-refractivity contribution in [3.05, 3.63) is 53.1 Å². The second-order valence-corrected chi connectivity index (χ2v) is 7.83. The summed E-state index contributed by atoms with van der Waals surface area (Å²) in [6, 6.07) is 11.7. The van der Waals surface area contributed by atoms with Gasteiger partial charge in [-0.2, -0.15) is 0 Å². The molecule has 5 heteroatoms. The summed E-state index contributed by atoms with van der Waals surface area (Å²) >= 11 is 0. The maximum Gasteiger partial charge on any atom is 0.303 e. The lowest BCUT2D eigenvalue weighted by molar-refractivity contribution is -0.136. The summed E-state index contributed by atoms with van der Waals surface area (Å²) in [5.41, 5.74) is 3.28. The highest BCUT2D eigenvalue weighted by Crippen LogP contribution is 2.32. The highest BCUT2D eigenvalue weighted by Gasteiger charge is 2.19. The third-order valence-electron chi connectivity index (χ3n) is 4.40. The molecule has 1 N–H and O–H groups in total. The van der Waals surface area contributed by atoms with Gasteiger partial charge in [-0.25, -0.2) is 0 Å². The molecule has 0 amide bonds. The molecule has 0 aliphatic heterocycles. The van der Waals surface area contributed by atoms with Crippen molar-refractivity contribution >= 4 is 5.97 Å². The normalized spacial score (nSPS) is 11.2. The zero-order chi connectivity index (χ0) is 20.7. The van der Waals surface area contributed by atoms with Crippen LogP contribution in [0.4, 0.5) is 0 Å². The summed E-state index contributed by atoms with van der Waals surface area (Å²) in [7, 11) is 1.57. The van der Waals surface area contributed by atoms with E-state index in [1.807, 2.05) is 30.3 Å². The maximum absolute atomic E-state index is 10.7. The first-order valence-corrected chi connectivity index (χ1v) is 9.46. The van der Waals surface area contributed by atoms with E-state index in [1.165, 1.54) is 11.1 Å². The van der Waals surface area contributed by atoms with Crippen molar-refractivity contribution in [1.29, 1.82) is 0 Å². The summed E-state index contributed by atoms with van der Waals surface area (Å²) in [4.78, 5) is 10.7. The molecule has 0 unspecified atom stereocenters. The first-order chi connectivity index (χ1) is 13.2. The minimum atomic E-state index is -0.817. The molecule has 0 heterocycles. The molecule has 0 aliphatic rings. The molecule has 0 saturated carbocycles. The monoisotopic (exact) mass is 386 g/mol. The van der Waals surface area contributed by atoms with Crippen LogP contribution in [0.25, 0.3) is 0 Å². The summed E-state index contributed by atoms with van der Waals surface area (Å²) in [5.74, 6) is 1.26. The number of hydrogen-bond donors (Lipinski definition) is 1. The molecule has 2 aromatic carbocycles. The van der Waals surface area contributed by atoms with Crippen LogP contribution in [-0.4, -0.2) is 31.4 Å². The molecule has 28 heavy (non-hydrogen) atoms. The smallest absolute Gasteiger partial charge is 0.303 e. The first-order valence-electron chi connectivity index (χ1n) is 9.46. The Hall–Kier alpha value is -2.69. The Balaban J connectivity index is 1.96. The zero-order valence-electron chi connectivity index (χ0n) is 17.4. The Kier molecular flexibility index (Phi) is 7.32. The molecule has 0 atom stereocenters. The van der Waals surface area contributed by atoms with E-state index in [0.29, 0.717) is 31.1 Å². The van der Waals surface area contributed by atoms with Gasteiger partial charge < -0.3 is 19.3 Å². The van der Waals surface area contributed by atoms with Crippen molar-refractivity contribution in [2.45, 2.75) is 46.0 Å². The fraction of sp³-hybridized carbons (Fsp3) is 0.435. The maximum atomic E-state index is 10.7. The second kappa shape index (κ2) is 9.49. The van der Waals surface area contributed by atoms with Gasteiger partial charge in [-0.1, -0.05) is 44.5 Å². The van der Waals surface area contributed by atoms with Crippen LogP contribution in [0.2, 0.25) is 0 Å². The van der Waals surface area contributed by atoms with Gasteiger partial charge in [-0.15, -0.1) is 0 Å². The topological polar surface area (TPSA) is 65.0 Å². The number of aryl methyl sites for hydroxylation is 2. The number of carbonyl (C=O) groups is 1. The van der Waals surface area contributed by atoms with Crippen LogP contribution in [-0.2, 0) is 16.6 Å². The Morgan fingerprint density at radius 2 is 1.61 bits per heavy atom. The Labute approximate surface area is 167 Å². The number of carboxylic acids is 1. The van der Waals surface area contributed by atoms with E-state index >= 15 is 0 Å². The van der Waals surface area contributed by atoms with E-state index in [1.54, 1.807) is 7.11 Å². The molecule has 0 bridgehead atoms. The van der Waals surface area contributed by atoms with E-state index in [4.69, 9.17) is 19.3 Å². The number of benzene rings is 2. The van der Waals surface area contributed by atoms with Crippen LogP contribution >= 0.6 is 0 Å². The van der Waals surface area contributed by atoms with Crippen molar-refractivity contribution in [1.82, 2.24) is 0 Å². The Morgan fingerprint density at radius 1 is 0.964 bits per heavy atom.